The van der Waals surface area contributed by atoms with Crippen molar-refractivity contribution in [3.63, 3.8) is 0 Å². The van der Waals surface area contributed by atoms with Gasteiger partial charge in [-0.05, 0) is 17.2 Å². The Hall–Kier alpha value is -2.15. The Morgan fingerprint density at radius 1 is 1.00 bits per heavy atom. The smallest absolute Gasteiger partial charge is 0.194 e. The summed E-state index contributed by atoms with van der Waals surface area (Å²) in [6, 6.07) is 20.6. The molecule has 0 unspecified atom stereocenters. The van der Waals surface area contributed by atoms with Crippen LogP contribution in [0.5, 0.6) is 0 Å². The predicted octanol–water partition coefficient (Wildman–Crippen LogP) is 4.06. The second kappa shape index (κ2) is 9.36. The van der Waals surface area contributed by atoms with Gasteiger partial charge in [-0.25, -0.2) is 4.99 Å². The van der Waals surface area contributed by atoms with Gasteiger partial charge in [0.15, 0.2) is 5.96 Å². The summed E-state index contributed by atoms with van der Waals surface area (Å²) in [4.78, 5) is 11.2. The zero-order valence-electron chi connectivity index (χ0n) is 14.5. The van der Waals surface area contributed by atoms with Gasteiger partial charge in [-0.15, -0.1) is 24.0 Å². The van der Waals surface area contributed by atoms with Crippen molar-refractivity contribution in [1.82, 2.24) is 15.2 Å². The van der Waals surface area contributed by atoms with Crippen LogP contribution in [0.3, 0.4) is 0 Å². The highest BCUT2D eigenvalue weighted by Gasteiger charge is 2.05. The van der Waals surface area contributed by atoms with E-state index in [-0.39, 0.29) is 24.0 Å². The Labute approximate surface area is 166 Å². The van der Waals surface area contributed by atoms with Crippen LogP contribution < -0.4 is 5.32 Å². The van der Waals surface area contributed by atoms with Crippen molar-refractivity contribution in [1.29, 1.82) is 0 Å². The van der Waals surface area contributed by atoms with E-state index in [1.54, 1.807) is 0 Å². The van der Waals surface area contributed by atoms with Gasteiger partial charge in [-0.1, -0.05) is 54.6 Å². The maximum atomic E-state index is 4.70. The minimum absolute atomic E-state index is 0. The number of nitrogens with zero attached hydrogens (tertiary/aromatic N) is 3. The lowest BCUT2D eigenvalue weighted by atomic mass is 10.1. The molecule has 5 heteroatoms. The van der Waals surface area contributed by atoms with E-state index in [0.29, 0.717) is 13.1 Å². The maximum absolute atomic E-state index is 4.70. The molecular weight excluding hydrogens is 423 g/mol. The fraction of sp³-hybridized carbons (Fsp3) is 0.200. The SMILES string of the molecule is CN(C)C(=NCc1ccccc1)NCc1cccc2cccnc12.I. The van der Waals surface area contributed by atoms with Crippen molar-refractivity contribution in [2.24, 2.45) is 4.99 Å². The number of guanidine groups is 1. The Kier molecular flexibility index (Phi) is 7.18. The Morgan fingerprint density at radius 2 is 1.76 bits per heavy atom. The summed E-state index contributed by atoms with van der Waals surface area (Å²) in [7, 11) is 4.00. The summed E-state index contributed by atoms with van der Waals surface area (Å²) >= 11 is 0. The van der Waals surface area contributed by atoms with Gasteiger partial charge in [0, 0.05) is 32.2 Å². The van der Waals surface area contributed by atoms with Gasteiger partial charge in [0.2, 0.25) is 0 Å². The molecule has 2 aromatic carbocycles. The first kappa shape index (κ1) is 19.2. The van der Waals surface area contributed by atoms with Crippen LogP contribution in [0.1, 0.15) is 11.1 Å². The van der Waals surface area contributed by atoms with E-state index in [9.17, 15) is 0 Å². The number of halogens is 1. The number of para-hydroxylation sites is 1. The highest BCUT2D eigenvalue weighted by Crippen LogP contribution is 2.15. The summed E-state index contributed by atoms with van der Waals surface area (Å²) in [6.07, 6.45) is 1.84. The summed E-state index contributed by atoms with van der Waals surface area (Å²) in [5.74, 6) is 0.867. The summed E-state index contributed by atoms with van der Waals surface area (Å²) in [5.41, 5.74) is 3.40. The first-order valence-electron chi connectivity index (χ1n) is 8.06. The molecule has 0 saturated heterocycles. The van der Waals surface area contributed by atoms with Crippen LogP contribution in [-0.2, 0) is 13.1 Å². The molecule has 0 atom stereocenters. The van der Waals surface area contributed by atoms with E-state index in [0.717, 1.165) is 16.9 Å². The Morgan fingerprint density at radius 3 is 2.52 bits per heavy atom. The average molecular weight is 446 g/mol. The molecule has 25 heavy (non-hydrogen) atoms. The highest BCUT2D eigenvalue weighted by molar-refractivity contribution is 14.0. The molecule has 3 rings (SSSR count). The fourth-order valence-electron chi connectivity index (χ4n) is 2.59. The molecule has 4 nitrogen and oxygen atoms in total. The van der Waals surface area contributed by atoms with Crippen LogP contribution in [0.2, 0.25) is 0 Å². The third-order valence-electron chi connectivity index (χ3n) is 3.83. The quantitative estimate of drug-likeness (QED) is 0.374. The van der Waals surface area contributed by atoms with Gasteiger partial charge in [0.05, 0.1) is 12.1 Å². The molecule has 0 aliphatic carbocycles. The number of hydrogen-bond acceptors (Lipinski definition) is 2. The molecule has 1 heterocycles. The second-order valence-electron chi connectivity index (χ2n) is 5.87. The minimum atomic E-state index is 0. The number of rotatable bonds is 4. The monoisotopic (exact) mass is 446 g/mol. The van der Waals surface area contributed by atoms with E-state index >= 15 is 0 Å². The van der Waals surface area contributed by atoms with Crippen LogP contribution in [0.15, 0.2) is 71.9 Å². The zero-order valence-corrected chi connectivity index (χ0v) is 16.8. The summed E-state index contributed by atoms with van der Waals surface area (Å²) < 4.78 is 0. The molecule has 0 aliphatic heterocycles. The lowest BCUT2D eigenvalue weighted by Crippen LogP contribution is -2.36. The number of benzene rings is 2. The topological polar surface area (TPSA) is 40.5 Å². The van der Waals surface area contributed by atoms with Gasteiger partial charge in [0.1, 0.15) is 0 Å². The number of hydrogen-bond donors (Lipinski definition) is 1. The van der Waals surface area contributed by atoms with Gasteiger partial charge in [-0.2, -0.15) is 0 Å². The molecule has 0 fully saturated rings. The molecule has 0 saturated carbocycles. The van der Waals surface area contributed by atoms with E-state index in [1.807, 2.05) is 49.5 Å². The lowest BCUT2D eigenvalue weighted by molar-refractivity contribution is 0.579. The van der Waals surface area contributed by atoms with E-state index in [1.165, 1.54) is 11.1 Å². The second-order valence-corrected chi connectivity index (χ2v) is 5.87. The van der Waals surface area contributed by atoms with E-state index in [2.05, 4.69) is 46.7 Å². The normalized spacial score (nSPS) is 11.0. The lowest BCUT2D eigenvalue weighted by Gasteiger charge is -2.18. The van der Waals surface area contributed by atoms with Crippen LogP contribution >= 0.6 is 24.0 Å². The molecule has 1 aromatic heterocycles. The standard InChI is InChI=1S/C20H22N4.HI/c1-24(2)20(22-14-16-8-4-3-5-9-16)23-15-18-11-6-10-17-12-7-13-21-19(17)18;/h3-13H,14-15H2,1-2H3,(H,22,23);1H. The Bertz CT molecular complexity index is 826. The summed E-state index contributed by atoms with van der Waals surface area (Å²) in [6.45, 7) is 1.36. The van der Waals surface area contributed by atoms with Gasteiger partial charge < -0.3 is 10.2 Å². The number of aliphatic imine (C=N–C) groups is 1. The third-order valence-corrected chi connectivity index (χ3v) is 3.83. The van der Waals surface area contributed by atoms with E-state index in [4.69, 9.17) is 4.99 Å². The largest absolute Gasteiger partial charge is 0.352 e. The first-order valence-corrected chi connectivity index (χ1v) is 8.06. The Balaban J connectivity index is 0.00000225. The van der Waals surface area contributed by atoms with Gasteiger partial charge in [-0.3, -0.25) is 4.98 Å². The first-order chi connectivity index (χ1) is 11.7. The van der Waals surface area contributed by atoms with Gasteiger partial charge >= 0.3 is 0 Å². The number of pyridine rings is 1. The minimum Gasteiger partial charge on any atom is -0.352 e. The van der Waals surface area contributed by atoms with Crippen LogP contribution in [0, 0.1) is 0 Å². The third kappa shape index (κ3) is 5.16. The molecule has 0 bridgehead atoms. The zero-order chi connectivity index (χ0) is 16.8. The average Bonchev–Trinajstić information content (AvgIpc) is 2.62. The number of nitrogens with one attached hydrogen (secondary N) is 1. The van der Waals surface area contributed by atoms with Crippen LogP contribution in [0.4, 0.5) is 0 Å². The summed E-state index contributed by atoms with van der Waals surface area (Å²) in [5, 5.41) is 4.59. The van der Waals surface area contributed by atoms with Crippen molar-refractivity contribution < 1.29 is 0 Å². The molecule has 0 radical (unpaired) electrons. The molecule has 1 N–H and O–H groups in total. The molecule has 130 valence electrons. The van der Waals surface area contributed by atoms with E-state index < -0.39 is 0 Å². The van der Waals surface area contributed by atoms with Crippen molar-refractivity contribution in [2.75, 3.05) is 14.1 Å². The molecule has 0 amide bonds. The van der Waals surface area contributed by atoms with Gasteiger partial charge in [0.25, 0.3) is 0 Å². The van der Waals surface area contributed by atoms with Crippen molar-refractivity contribution in [2.45, 2.75) is 13.1 Å². The van der Waals surface area contributed by atoms with Crippen LogP contribution in [-0.4, -0.2) is 29.9 Å². The fourth-order valence-corrected chi connectivity index (χ4v) is 2.59. The van der Waals surface area contributed by atoms with Crippen molar-refractivity contribution in [3.8, 4) is 0 Å². The van der Waals surface area contributed by atoms with Crippen LogP contribution in [0.25, 0.3) is 10.9 Å². The maximum Gasteiger partial charge on any atom is 0.194 e. The number of aromatic nitrogens is 1. The predicted molar refractivity (Wildman–Crippen MR) is 115 cm³/mol. The van der Waals surface area contributed by atoms with Crippen molar-refractivity contribution >= 4 is 40.8 Å². The molecular formula is C20H23IN4. The number of fused-ring (bicyclic) bond motifs is 1. The highest BCUT2D eigenvalue weighted by atomic mass is 127. The molecule has 0 aliphatic rings. The molecule has 3 aromatic rings. The van der Waals surface area contributed by atoms with Crippen molar-refractivity contribution in [3.05, 3.63) is 78.0 Å². The molecule has 0 spiro atoms.